The summed E-state index contributed by atoms with van der Waals surface area (Å²) in [4.78, 5) is 0. The summed E-state index contributed by atoms with van der Waals surface area (Å²) in [5.74, 6) is 2.96. The molecule has 1 fully saturated rings. The Morgan fingerprint density at radius 2 is 1.79 bits per heavy atom. The van der Waals surface area contributed by atoms with Gasteiger partial charge < -0.3 is 5.32 Å². The minimum absolute atomic E-state index is 0. The van der Waals surface area contributed by atoms with Crippen LogP contribution in [0.5, 0.6) is 0 Å². The number of nitrogens with one attached hydrogen (secondary N) is 1. The summed E-state index contributed by atoms with van der Waals surface area (Å²) < 4.78 is 2.25. The lowest BCUT2D eigenvalue weighted by Crippen LogP contribution is -2.17. The van der Waals surface area contributed by atoms with Gasteiger partial charge in [0.2, 0.25) is 0 Å². The second-order valence-electron chi connectivity index (χ2n) is 7.38. The van der Waals surface area contributed by atoms with Crippen LogP contribution in [0, 0.1) is 0 Å². The van der Waals surface area contributed by atoms with E-state index in [1.807, 2.05) is 18.2 Å². The Balaban J connectivity index is 0.00000192. The molecule has 6 nitrogen and oxygen atoms in total. The first-order valence-corrected chi connectivity index (χ1v) is 9.88. The number of hydrogen-bond acceptors (Lipinski definition) is 5. The third-order valence-electron chi connectivity index (χ3n) is 5.74. The molecule has 1 aliphatic heterocycles. The van der Waals surface area contributed by atoms with E-state index in [0.29, 0.717) is 18.4 Å². The van der Waals surface area contributed by atoms with Crippen LogP contribution >= 0.6 is 24.0 Å². The van der Waals surface area contributed by atoms with Gasteiger partial charge >= 0.3 is 0 Å². The molecular formula is C20H22Cl2N6. The van der Waals surface area contributed by atoms with Gasteiger partial charge in [0, 0.05) is 29.6 Å². The second-order valence-corrected chi connectivity index (χ2v) is 7.82. The normalized spacial score (nSPS) is 21.2. The van der Waals surface area contributed by atoms with Gasteiger partial charge in [0.05, 0.1) is 17.9 Å². The maximum absolute atomic E-state index is 6.21. The minimum Gasteiger partial charge on any atom is -0.306 e. The van der Waals surface area contributed by atoms with E-state index in [2.05, 4.69) is 42.4 Å². The highest BCUT2D eigenvalue weighted by atomic mass is 35.5. The molecule has 0 atom stereocenters. The molecule has 8 heteroatoms. The van der Waals surface area contributed by atoms with E-state index >= 15 is 0 Å². The topological polar surface area (TPSA) is 68.5 Å². The fourth-order valence-corrected chi connectivity index (χ4v) is 4.57. The van der Waals surface area contributed by atoms with Crippen LogP contribution in [0.4, 0.5) is 0 Å². The van der Waals surface area contributed by atoms with E-state index in [-0.39, 0.29) is 12.4 Å². The highest BCUT2D eigenvalue weighted by Gasteiger charge is 2.30. The van der Waals surface area contributed by atoms with Crippen LogP contribution in [0.1, 0.15) is 60.4 Å². The molecule has 0 unspecified atom stereocenters. The highest BCUT2D eigenvalue weighted by molar-refractivity contribution is 6.30. The summed E-state index contributed by atoms with van der Waals surface area (Å²) in [6.07, 6.45) is 6.14. The van der Waals surface area contributed by atoms with Gasteiger partial charge in [-0.15, -0.1) is 22.6 Å². The van der Waals surface area contributed by atoms with Crippen LogP contribution in [0.15, 0.2) is 36.5 Å². The first-order valence-electron chi connectivity index (χ1n) is 9.51. The monoisotopic (exact) mass is 416 g/mol. The molecule has 0 amide bonds. The van der Waals surface area contributed by atoms with Gasteiger partial charge in [-0.1, -0.05) is 11.6 Å². The average molecular weight is 417 g/mol. The maximum Gasteiger partial charge on any atom is 0.151 e. The number of aromatic nitrogens is 5. The largest absolute Gasteiger partial charge is 0.306 e. The zero-order chi connectivity index (χ0) is 18.2. The van der Waals surface area contributed by atoms with Crippen molar-refractivity contribution in [2.75, 3.05) is 0 Å². The molecule has 0 spiro atoms. The summed E-state index contributed by atoms with van der Waals surface area (Å²) in [6.45, 7) is 1.51. The third-order valence-corrected chi connectivity index (χ3v) is 5.97. The van der Waals surface area contributed by atoms with Crippen molar-refractivity contribution in [2.24, 2.45) is 0 Å². The predicted octanol–water partition coefficient (Wildman–Crippen LogP) is 4.18. The molecule has 1 N–H and O–H groups in total. The van der Waals surface area contributed by atoms with Gasteiger partial charge in [-0.05, 0) is 61.6 Å². The lowest BCUT2D eigenvalue weighted by Gasteiger charge is -2.28. The van der Waals surface area contributed by atoms with Crippen molar-refractivity contribution in [3.63, 3.8) is 0 Å². The summed E-state index contributed by atoms with van der Waals surface area (Å²) in [6, 6.07) is 10.1. The summed E-state index contributed by atoms with van der Waals surface area (Å²) in [7, 11) is 0. The van der Waals surface area contributed by atoms with E-state index in [1.54, 1.807) is 6.20 Å². The van der Waals surface area contributed by atoms with E-state index in [1.165, 1.54) is 5.56 Å². The Labute approximate surface area is 175 Å². The van der Waals surface area contributed by atoms with Gasteiger partial charge in [0.1, 0.15) is 5.82 Å². The molecule has 28 heavy (non-hydrogen) atoms. The van der Waals surface area contributed by atoms with Crippen LogP contribution in [0.2, 0.25) is 5.02 Å². The number of benzene rings is 1. The lowest BCUT2D eigenvalue weighted by atomic mass is 9.80. The van der Waals surface area contributed by atoms with Crippen LogP contribution in [-0.2, 0) is 13.1 Å². The molecule has 2 aliphatic rings. The molecule has 1 aliphatic carbocycles. The molecule has 0 bridgehead atoms. The fourth-order valence-electron chi connectivity index (χ4n) is 4.37. The number of fused-ring (bicyclic) bond motifs is 3. The molecule has 5 rings (SSSR count). The van der Waals surface area contributed by atoms with Crippen LogP contribution in [0.25, 0.3) is 5.69 Å². The number of hydrogen-bond donors (Lipinski definition) is 1. The number of halogens is 2. The van der Waals surface area contributed by atoms with Crippen molar-refractivity contribution in [3.05, 3.63) is 64.5 Å². The molecule has 3 heterocycles. The summed E-state index contributed by atoms with van der Waals surface area (Å²) >= 11 is 6.21. The molecule has 0 saturated heterocycles. The molecule has 1 saturated carbocycles. The van der Waals surface area contributed by atoms with Crippen molar-refractivity contribution in [2.45, 2.75) is 50.6 Å². The highest BCUT2D eigenvalue weighted by Crippen LogP contribution is 2.40. The van der Waals surface area contributed by atoms with Gasteiger partial charge in [-0.25, -0.2) is 0 Å². The second kappa shape index (κ2) is 8.15. The molecule has 146 valence electrons. The van der Waals surface area contributed by atoms with Crippen molar-refractivity contribution < 1.29 is 0 Å². The van der Waals surface area contributed by atoms with Gasteiger partial charge in [-0.2, -0.15) is 10.2 Å². The Morgan fingerprint density at radius 3 is 2.57 bits per heavy atom. The Morgan fingerprint density at radius 1 is 0.964 bits per heavy atom. The molecule has 0 radical (unpaired) electrons. The third kappa shape index (κ3) is 3.52. The maximum atomic E-state index is 6.21. The molecule has 1 aromatic carbocycles. The summed E-state index contributed by atoms with van der Waals surface area (Å²) in [5.41, 5.74) is 3.45. The molecule has 2 aromatic heterocycles. The zero-order valence-corrected chi connectivity index (χ0v) is 17.0. The quantitative estimate of drug-likeness (QED) is 0.678. The number of rotatable bonds is 2. The van der Waals surface area contributed by atoms with Crippen LogP contribution < -0.4 is 5.32 Å². The average Bonchev–Trinajstić information content (AvgIpc) is 3.04. The van der Waals surface area contributed by atoms with Crippen LogP contribution in [-0.4, -0.2) is 25.0 Å². The van der Waals surface area contributed by atoms with E-state index in [9.17, 15) is 0 Å². The van der Waals surface area contributed by atoms with E-state index in [0.717, 1.165) is 60.3 Å². The van der Waals surface area contributed by atoms with Crippen LogP contribution in [0.3, 0.4) is 0 Å². The predicted molar refractivity (Wildman–Crippen MR) is 110 cm³/mol. The van der Waals surface area contributed by atoms with E-state index < -0.39 is 0 Å². The Hall–Kier alpha value is -2.02. The Kier molecular flexibility index (Phi) is 5.62. The minimum atomic E-state index is 0. The van der Waals surface area contributed by atoms with Crippen molar-refractivity contribution >= 4 is 24.0 Å². The fraction of sp³-hybridized carbons (Fsp3) is 0.400. The smallest absolute Gasteiger partial charge is 0.151 e. The summed E-state index contributed by atoms with van der Waals surface area (Å²) in [5, 5.41) is 21.6. The first-order chi connectivity index (χ1) is 13.3. The van der Waals surface area contributed by atoms with Crippen molar-refractivity contribution in [1.29, 1.82) is 0 Å². The SMILES string of the molecule is Cl.Clc1ccc2c(c1)CNCc1nnc(C3CCC(c4cccnn4)CC3)n1-2. The van der Waals surface area contributed by atoms with Gasteiger partial charge in [-0.3, -0.25) is 4.57 Å². The van der Waals surface area contributed by atoms with Crippen molar-refractivity contribution in [1.82, 2.24) is 30.3 Å². The zero-order valence-electron chi connectivity index (χ0n) is 15.4. The van der Waals surface area contributed by atoms with Crippen molar-refractivity contribution in [3.8, 4) is 5.69 Å². The van der Waals surface area contributed by atoms with Gasteiger partial charge in [0.25, 0.3) is 0 Å². The molecular weight excluding hydrogens is 395 g/mol. The van der Waals surface area contributed by atoms with E-state index in [4.69, 9.17) is 11.6 Å². The first kappa shape index (κ1) is 19.3. The molecule has 3 aromatic rings. The van der Waals surface area contributed by atoms with Gasteiger partial charge in [0.15, 0.2) is 5.82 Å². The lowest BCUT2D eigenvalue weighted by molar-refractivity contribution is 0.376. The Bertz CT molecular complexity index is 951. The number of nitrogens with zero attached hydrogens (tertiary/aromatic N) is 5. The standard InChI is InChI=1S/C20H21ClN6.ClH/c21-16-7-8-18-15(10-16)11-22-12-19-25-26-20(27(18)19)14-5-3-13(4-6-14)17-2-1-9-23-24-17;/h1-2,7-10,13-14,22H,3-6,11-12H2;1H.